The lowest BCUT2D eigenvalue weighted by atomic mass is 10.1. The number of benzene rings is 1. The van der Waals surface area contributed by atoms with Crippen molar-refractivity contribution in [1.82, 2.24) is 4.98 Å². The third kappa shape index (κ3) is 2.87. The van der Waals surface area contributed by atoms with Gasteiger partial charge in [-0.1, -0.05) is 12.1 Å². The smallest absolute Gasteiger partial charge is 0.219 e. The van der Waals surface area contributed by atoms with Gasteiger partial charge in [-0.2, -0.15) is 0 Å². The van der Waals surface area contributed by atoms with E-state index in [0.29, 0.717) is 5.88 Å². The fourth-order valence-corrected chi connectivity index (χ4v) is 1.67. The van der Waals surface area contributed by atoms with Crippen LogP contribution in [0.4, 0.5) is 0 Å². The van der Waals surface area contributed by atoms with Crippen LogP contribution in [-0.4, -0.2) is 10.1 Å². The molecular weight excluding hydrogens is 226 g/mol. The Hall–Kier alpha value is -1.87. The predicted molar refractivity (Wildman–Crippen MR) is 70.9 cm³/mol. The molecule has 1 atom stereocenters. The Morgan fingerprint density at radius 3 is 2.67 bits per heavy atom. The molecule has 0 fully saturated rings. The highest BCUT2D eigenvalue weighted by Gasteiger charge is 2.06. The summed E-state index contributed by atoms with van der Waals surface area (Å²) in [6.07, 6.45) is 1.12. The highest BCUT2D eigenvalue weighted by Crippen LogP contribution is 2.26. The average Bonchev–Trinajstić information content (AvgIpc) is 2.34. The second kappa shape index (κ2) is 5.19. The first-order chi connectivity index (χ1) is 8.56. The summed E-state index contributed by atoms with van der Waals surface area (Å²) in [6, 6.07) is 9.57. The van der Waals surface area contributed by atoms with Crippen LogP contribution in [0.15, 0.2) is 36.5 Å². The molecule has 0 radical (unpaired) electrons. The molecule has 1 aromatic heterocycles. The topological polar surface area (TPSA) is 42.4 Å². The number of hydrogen-bond donors (Lipinski definition) is 1. The molecule has 2 rings (SSSR count). The van der Waals surface area contributed by atoms with E-state index in [1.807, 2.05) is 32.0 Å². The molecule has 1 heterocycles. The molecular formula is C15H17NO2. The third-order valence-corrected chi connectivity index (χ3v) is 2.80. The molecule has 0 bridgehead atoms. The fourth-order valence-electron chi connectivity index (χ4n) is 1.67. The maximum absolute atomic E-state index is 9.53. The van der Waals surface area contributed by atoms with Crippen LogP contribution in [0.25, 0.3) is 0 Å². The van der Waals surface area contributed by atoms with E-state index in [0.717, 1.165) is 22.4 Å². The van der Waals surface area contributed by atoms with Crippen molar-refractivity contribution in [3.05, 3.63) is 53.2 Å². The molecule has 94 valence electrons. The normalized spacial score (nSPS) is 12.2. The van der Waals surface area contributed by atoms with E-state index < -0.39 is 6.10 Å². The van der Waals surface area contributed by atoms with Crippen LogP contribution in [0.3, 0.4) is 0 Å². The van der Waals surface area contributed by atoms with Crippen molar-refractivity contribution in [2.45, 2.75) is 26.9 Å². The lowest BCUT2D eigenvalue weighted by Gasteiger charge is -2.10. The van der Waals surface area contributed by atoms with Crippen LogP contribution < -0.4 is 4.74 Å². The van der Waals surface area contributed by atoms with Gasteiger partial charge in [0.1, 0.15) is 5.75 Å². The van der Waals surface area contributed by atoms with E-state index in [1.165, 1.54) is 0 Å². The molecule has 0 saturated heterocycles. The van der Waals surface area contributed by atoms with E-state index >= 15 is 0 Å². The fraction of sp³-hybridized carbons (Fsp3) is 0.267. The molecule has 1 aromatic carbocycles. The molecule has 0 aliphatic rings. The van der Waals surface area contributed by atoms with Gasteiger partial charge in [0.15, 0.2) is 0 Å². The molecule has 1 N–H and O–H groups in total. The Balaban J connectivity index is 2.28. The maximum atomic E-state index is 9.53. The van der Waals surface area contributed by atoms with Crippen LogP contribution in [0.5, 0.6) is 11.6 Å². The number of aromatic nitrogens is 1. The van der Waals surface area contributed by atoms with Crippen molar-refractivity contribution < 1.29 is 9.84 Å². The van der Waals surface area contributed by atoms with Crippen molar-refractivity contribution in [3.63, 3.8) is 0 Å². The third-order valence-electron chi connectivity index (χ3n) is 2.80. The minimum atomic E-state index is -0.519. The summed E-state index contributed by atoms with van der Waals surface area (Å²) >= 11 is 0. The monoisotopic (exact) mass is 243 g/mol. The van der Waals surface area contributed by atoms with Crippen LogP contribution in [0, 0.1) is 13.8 Å². The first-order valence-electron chi connectivity index (χ1n) is 5.95. The van der Waals surface area contributed by atoms with Crippen LogP contribution in [0.2, 0.25) is 0 Å². The van der Waals surface area contributed by atoms with Gasteiger partial charge in [0.25, 0.3) is 0 Å². The Labute approximate surface area is 107 Å². The van der Waals surface area contributed by atoms with E-state index in [9.17, 15) is 5.11 Å². The standard InChI is InChI=1S/C15H17NO2/c1-10-4-5-11(2)14(8-10)18-15-9-13(12(3)17)6-7-16-15/h4-9,12,17H,1-3H3/t12-/m0/s1. The summed E-state index contributed by atoms with van der Waals surface area (Å²) < 4.78 is 5.76. The zero-order valence-corrected chi connectivity index (χ0v) is 10.8. The molecule has 0 aliphatic heterocycles. The van der Waals surface area contributed by atoms with Gasteiger partial charge in [-0.25, -0.2) is 4.98 Å². The Morgan fingerprint density at radius 2 is 1.94 bits per heavy atom. The van der Waals surface area contributed by atoms with E-state index in [4.69, 9.17) is 4.74 Å². The molecule has 3 nitrogen and oxygen atoms in total. The molecule has 0 unspecified atom stereocenters. The summed E-state index contributed by atoms with van der Waals surface area (Å²) in [5.74, 6) is 1.30. The number of hydrogen-bond acceptors (Lipinski definition) is 3. The Bertz CT molecular complexity index is 550. The number of aryl methyl sites for hydroxylation is 2. The summed E-state index contributed by atoms with van der Waals surface area (Å²) in [5.41, 5.74) is 3.00. The van der Waals surface area contributed by atoms with Crippen LogP contribution >= 0.6 is 0 Å². The van der Waals surface area contributed by atoms with E-state index in [-0.39, 0.29) is 0 Å². The first kappa shape index (κ1) is 12.6. The Kier molecular flexibility index (Phi) is 3.63. The number of nitrogens with zero attached hydrogens (tertiary/aromatic N) is 1. The van der Waals surface area contributed by atoms with Crippen molar-refractivity contribution in [1.29, 1.82) is 0 Å². The molecule has 3 heteroatoms. The minimum Gasteiger partial charge on any atom is -0.439 e. The van der Waals surface area contributed by atoms with Gasteiger partial charge in [-0.05, 0) is 49.6 Å². The SMILES string of the molecule is Cc1ccc(C)c(Oc2cc([C@H](C)O)ccn2)c1. The number of aliphatic hydroxyl groups excluding tert-OH is 1. The van der Waals surface area contributed by atoms with Gasteiger partial charge < -0.3 is 9.84 Å². The minimum absolute atomic E-state index is 0.502. The van der Waals surface area contributed by atoms with Gasteiger partial charge in [0.05, 0.1) is 6.10 Å². The largest absolute Gasteiger partial charge is 0.439 e. The van der Waals surface area contributed by atoms with E-state index in [1.54, 1.807) is 25.3 Å². The van der Waals surface area contributed by atoms with Gasteiger partial charge in [-0.15, -0.1) is 0 Å². The zero-order valence-electron chi connectivity index (χ0n) is 10.8. The number of rotatable bonds is 3. The highest BCUT2D eigenvalue weighted by atomic mass is 16.5. The zero-order chi connectivity index (χ0) is 13.1. The van der Waals surface area contributed by atoms with Gasteiger partial charge in [0.2, 0.25) is 5.88 Å². The maximum Gasteiger partial charge on any atom is 0.219 e. The van der Waals surface area contributed by atoms with Crippen molar-refractivity contribution in [3.8, 4) is 11.6 Å². The molecule has 0 amide bonds. The van der Waals surface area contributed by atoms with Crippen LogP contribution in [0.1, 0.15) is 29.7 Å². The van der Waals surface area contributed by atoms with E-state index in [2.05, 4.69) is 4.98 Å². The molecule has 18 heavy (non-hydrogen) atoms. The summed E-state index contributed by atoms with van der Waals surface area (Å²) in [7, 11) is 0. The van der Waals surface area contributed by atoms with Crippen molar-refractivity contribution >= 4 is 0 Å². The second-order valence-corrected chi connectivity index (χ2v) is 4.47. The lowest BCUT2D eigenvalue weighted by molar-refractivity contribution is 0.198. The number of aliphatic hydroxyl groups is 1. The highest BCUT2D eigenvalue weighted by molar-refractivity contribution is 5.38. The molecule has 2 aromatic rings. The number of ether oxygens (including phenoxy) is 1. The predicted octanol–water partition coefficient (Wildman–Crippen LogP) is 3.54. The molecule has 0 saturated carbocycles. The second-order valence-electron chi connectivity index (χ2n) is 4.47. The lowest BCUT2D eigenvalue weighted by Crippen LogP contribution is -1.95. The quantitative estimate of drug-likeness (QED) is 0.896. The number of pyridine rings is 1. The Morgan fingerprint density at radius 1 is 1.17 bits per heavy atom. The summed E-state index contributed by atoms with van der Waals surface area (Å²) in [6.45, 7) is 5.73. The van der Waals surface area contributed by atoms with Gasteiger partial charge >= 0.3 is 0 Å². The van der Waals surface area contributed by atoms with Gasteiger partial charge in [0, 0.05) is 12.3 Å². The van der Waals surface area contributed by atoms with Crippen LogP contribution in [-0.2, 0) is 0 Å². The average molecular weight is 243 g/mol. The molecule has 0 aliphatic carbocycles. The summed E-state index contributed by atoms with van der Waals surface area (Å²) in [4.78, 5) is 4.15. The van der Waals surface area contributed by atoms with Crippen molar-refractivity contribution in [2.75, 3.05) is 0 Å². The molecule has 0 spiro atoms. The summed E-state index contributed by atoms with van der Waals surface area (Å²) in [5, 5.41) is 9.53. The van der Waals surface area contributed by atoms with Crippen molar-refractivity contribution in [2.24, 2.45) is 0 Å². The first-order valence-corrected chi connectivity index (χ1v) is 5.95. The van der Waals surface area contributed by atoms with Gasteiger partial charge in [-0.3, -0.25) is 0 Å².